The molecule has 2 aromatic rings. The lowest BCUT2D eigenvalue weighted by Crippen LogP contribution is -2.35. The Morgan fingerprint density at radius 3 is 2.75 bits per heavy atom. The van der Waals surface area contributed by atoms with Gasteiger partial charge in [-0.3, -0.25) is 9.78 Å². The van der Waals surface area contributed by atoms with Crippen molar-refractivity contribution in [2.24, 2.45) is 5.92 Å². The van der Waals surface area contributed by atoms with Crippen LogP contribution in [0, 0.1) is 5.92 Å². The summed E-state index contributed by atoms with van der Waals surface area (Å²) in [5.41, 5.74) is 3.09. The van der Waals surface area contributed by atoms with Gasteiger partial charge in [-0.1, -0.05) is 13.8 Å². The first-order valence-corrected chi connectivity index (χ1v) is 8.79. The molecule has 5 nitrogen and oxygen atoms in total. The van der Waals surface area contributed by atoms with Crippen LogP contribution in [0.5, 0.6) is 0 Å². The van der Waals surface area contributed by atoms with E-state index in [0.29, 0.717) is 0 Å². The number of rotatable bonds is 5. The molecule has 1 amide bonds. The second-order valence-electron chi connectivity index (χ2n) is 6.30. The van der Waals surface area contributed by atoms with Gasteiger partial charge in [-0.05, 0) is 44.2 Å². The van der Waals surface area contributed by atoms with E-state index in [0.717, 1.165) is 54.7 Å². The summed E-state index contributed by atoms with van der Waals surface area (Å²) in [7, 11) is 0. The highest BCUT2D eigenvalue weighted by atomic mass is 16.1. The zero-order chi connectivity index (χ0) is 16.9. The molecule has 3 rings (SSSR count). The molecule has 2 heterocycles. The molecule has 0 saturated carbocycles. The Kier molecular flexibility index (Phi) is 5.18. The molecule has 0 aliphatic heterocycles. The Balaban J connectivity index is 1.82. The maximum absolute atomic E-state index is 12.4. The van der Waals surface area contributed by atoms with Crippen molar-refractivity contribution in [1.82, 2.24) is 20.3 Å². The summed E-state index contributed by atoms with van der Waals surface area (Å²) in [6, 6.07) is 3.86. The topological polar surface area (TPSA) is 67.8 Å². The SMILES string of the molecule is CCC(CC)C(=O)NC1CCCc2nc(-c3ccncc3)ncc21. The number of fused-ring (bicyclic) bond motifs is 1. The van der Waals surface area contributed by atoms with Crippen LogP contribution in [-0.4, -0.2) is 20.9 Å². The summed E-state index contributed by atoms with van der Waals surface area (Å²) in [5, 5.41) is 3.21. The lowest BCUT2D eigenvalue weighted by Gasteiger charge is -2.27. The number of hydrogen-bond acceptors (Lipinski definition) is 4. The van der Waals surface area contributed by atoms with E-state index < -0.39 is 0 Å². The van der Waals surface area contributed by atoms with Crippen molar-refractivity contribution < 1.29 is 4.79 Å². The van der Waals surface area contributed by atoms with Crippen molar-refractivity contribution in [2.45, 2.75) is 52.0 Å². The van der Waals surface area contributed by atoms with Crippen molar-refractivity contribution in [3.63, 3.8) is 0 Å². The summed E-state index contributed by atoms with van der Waals surface area (Å²) in [6.07, 6.45) is 10.1. The van der Waals surface area contributed by atoms with Crippen molar-refractivity contribution in [3.05, 3.63) is 42.0 Å². The Morgan fingerprint density at radius 2 is 2.04 bits per heavy atom. The third kappa shape index (κ3) is 3.45. The minimum atomic E-state index is 0.0355. The van der Waals surface area contributed by atoms with Gasteiger partial charge in [0.2, 0.25) is 5.91 Å². The van der Waals surface area contributed by atoms with E-state index in [1.807, 2.05) is 18.3 Å². The standard InChI is InChI=1S/C19H24N4O/c1-3-13(4-2)19(24)23-17-7-5-6-16-15(17)12-21-18(22-16)14-8-10-20-11-9-14/h8-13,17H,3-7H2,1-2H3,(H,23,24). The first-order chi connectivity index (χ1) is 11.7. The highest BCUT2D eigenvalue weighted by Crippen LogP contribution is 2.30. The van der Waals surface area contributed by atoms with Crippen LogP contribution in [0.15, 0.2) is 30.7 Å². The zero-order valence-electron chi connectivity index (χ0n) is 14.3. The fourth-order valence-corrected chi connectivity index (χ4v) is 3.29. The molecule has 0 radical (unpaired) electrons. The van der Waals surface area contributed by atoms with Crippen LogP contribution in [0.2, 0.25) is 0 Å². The van der Waals surface area contributed by atoms with Gasteiger partial charge in [0.15, 0.2) is 5.82 Å². The predicted molar refractivity (Wildman–Crippen MR) is 93.2 cm³/mol. The minimum absolute atomic E-state index is 0.0355. The summed E-state index contributed by atoms with van der Waals surface area (Å²) < 4.78 is 0. The van der Waals surface area contributed by atoms with Crippen LogP contribution in [0.4, 0.5) is 0 Å². The number of aryl methyl sites for hydroxylation is 1. The molecule has 126 valence electrons. The van der Waals surface area contributed by atoms with Gasteiger partial charge in [-0.2, -0.15) is 0 Å². The molecule has 2 aromatic heterocycles. The fourth-order valence-electron chi connectivity index (χ4n) is 3.29. The zero-order valence-corrected chi connectivity index (χ0v) is 14.3. The molecule has 1 N–H and O–H groups in total. The molecule has 1 atom stereocenters. The largest absolute Gasteiger partial charge is 0.349 e. The highest BCUT2D eigenvalue weighted by molar-refractivity contribution is 5.79. The molecule has 0 fully saturated rings. The van der Waals surface area contributed by atoms with Crippen molar-refractivity contribution in [3.8, 4) is 11.4 Å². The van der Waals surface area contributed by atoms with Crippen LogP contribution in [0.3, 0.4) is 0 Å². The van der Waals surface area contributed by atoms with Crippen molar-refractivity contribution in [1.29, 1.82) is 0 Å². The van der Waals surface area contributed by atoms with Crippen LogP contribution < -0.4 is 5.32 Å². The van der Waals surface area contributed by atoms with E-state index >= 15 is 0 Å². The number of aromatic nitrogens is 3. The Bertz CT molecular complexity index is 698. The fraction of sp³-hybridized carbons (Fsp3) is 0.474. The Labute approximate surface area is 143 Å². The van der Waals surface area contributed by atoms with Gasteiger partial charge in [-0.15, -0.1) is 0 Å². The molecule has 5 heteroatoms. The highest BCUT2D eigenvalue weighted by Gasteiger charge is 2.25. The summed E-state index contributed by atoms with van der Waals surface area (Å²) >= 11 is 0. The van der Waals surface area contributed by atoms with Crippen molar-refractivity contribution >= 4 is 5.91 Å². The molecule has 24 heavy (non-hydrogen) atoms. The number of carbonyl (C=O) groups excluding carboxylic acids is 1. The first-order valence-electron chi connectivity index (χ1n) is 8.79. The lowest BCUT2D eigenvalue weighted by atomic mass is 9.91. The second kappa shape index (κ2) is 7.51. The van der Waals surface area contributed by atoms with E-state index in [-0.39, 0.29) is 17.9 Å². The number of pyridine rings is 1. The number of hydrogen-bond donors (Lipinski definition) is 1. The van der Waals surface area contributed by atoms with Crippen LogP contribution in [0.1, 0.15) is 56.8 Å². The predicted octanol–water partition coefficient (Wildman–Crippen LogP) is 3.47. The van der Waals surface area contributed by atoms with Gasteiger partial charge < -0.3 is 5.32 Å². The van der Waals surface area contributed by atoms with Gasteiger partial charge in [0, 0.05) is 41.3 Å². The molecule has 1 unspecified atom stereocenters. The van der Waals surface area contributed by atoms with Gasteiger partial charge >= 0.3 is 0 Å². The van der Waals surface area contributed by atoms with E-state index in [1.54, 1.807) is 12.4 Å². The Morgan fingerprint density at radius 1 is 1.29 bits per heavy atom. The molecule has 1 aliphatic carbocycles. The minimum Gasteiger partial charge on any atom is -0.349 e. The molecule has 0 aromatic carbocycles. The third-order valence-electron chi connectivity index (χ3n) is 4.79. The quantitative estimate of drug-likeness (QED) is 0.914. The molecule has 0 bridgehead atoms. The average Bonchev–Trinajstić information content (AvgIpc) is 2.63. The first kappa shape index (κ1) is 16.6. The number of amides is 1. The normalized spacial score (nSPS) is 16.7. The maximum atomic E-state index is 12.4. The number of nitrogens with one attached hydrogen (secondary N) is 1. The Hall–Kier alpha value is -2.30. The van der Waals surface area contributed by atoms with Gasteiger partial charge in [0.25, 0.3) is 0 Å². The number of nitrogens with zero attached hydrogens (tertiary/aromatic N) is 3. The van der Waals surface area contributed by atoms with E-state index in [9.17, 15) is 4.79 Å². The smallest absolute Gasteiger partial charge is 0.223 e. The summed E-state index contributed by atoms with van der Waals surface area (Å²) in [6.45, 7) is 4.12. The van der Waals surface area contributed by atoms with Gasteiger partial charge in [0.1, 0.15) is 0 Å². The molecular formula is C19H24N4O. The van der Waals surface area contributed by atoms with Crippen LogP contribution in [0.25, 0.3) is 11.4 Å². The van der Waals surface area contributed by atoms with Gasteiger partial charge in [0.05, 0.1) is 6.04 Å². The van der Waals surface area contributed by atoms with E-state index in [1.165, 1.54) is 0 Å². The lowest BCUT2D eigenvalue weighted by molar-refractivity contribution is -0.126. The number of carbonyl (C=O) groups is 1. The molecular weight excluding hydrogens is 300 g/mol. The third-order valence-corrected chi connectivity index (χ3v) is 4.79. The summed E-state index contributed by atoms with van der Waals surface area (Å²) in [5.74, 6) is 0.964. The van der Waals surface area contributed by atoms with E-state index in [2.05, 4.69) is 29.1 Å². The van der Waals surface area contributed by atoms with E-state index in [4.69, 9.17) is 4.98 Å². The molecule has 1 aliphatic rings. The second-order valence-corrected chi connectivity index (χ2v) is 6.30. The van der Waals surface area contributed by atoms with Gasteiger partial charge in [-0.25, -0.2) is 9.97 Å². The molecule has 0 spiro atoms. The maximum Gasteiger partial charge on any atom is 0.223 e. The van der Waals surface area contributed by atoms with Crippen LogP contribution in [-0.2, 0) is 11.2 Å². The van der Waals surface area contributed by atoms with Crippen LogP contribution >= 0.6 is 0 Å². The molecule has 0 saturated heterocycles. The average molecular weight is 324 g/mol. The monoisotopic (exact) mass is 324 g/mol. The van der Waals surface area contributed by atoms with Crippen molar-refractivity contribution in [2.75, 3.05) is 0 Å². The summed E-state index contributed by atoms with van der Waals surface area (Å²) in [4.78, 5) is 25.7.